The molecule has 27 heavy (non-hydrogen) atoms. The van der Waals surface area contributed by atoms with Crippen LogP contribution in [0.3, 0.4) is 0 Å². The van der Waals surface area contributed by atoms with Gasteiger partial charge >= 0.3 is 5.97 Å². The highest BCUT2D eigenvalue weighted by molar-refractivity contribution is 6.37. The molecule has 0 spiro atoms. The Balaban J connectivity index is 2.06. The zero-order chi connectivity index (χ0) is 19.6. The van der Waals surface area contributed by atoms with Gasteiger partial charge in [0.05, 0.1) is 18.6 Å². The molecule has 1 heterocycles. The number of carbonyl (C=O) groups excluding carboxylic acids is 2. The van der Waals surface area contributed by atoms with Gasteiger partial charge in [-0.25, -0.2) is 4.79 Å². The van der Waals surface area contributed by atoms with Crippen LogP contribution in [-0.2, 0) is 15.3 Å². The van der Waals surface area contributed by atoms with E-state index < -0.39 is 17.6 Å². The van der Waals surface area contributed by atoms with Crippen LogP contribution >= 0.6 is 0 Å². The van der Waals surface area contributed by atoms with Gasteiger partial charge in [0.15, 0.2) is 11.4 Å². The average Bonchev–Trinajstić information content (AvgIpc) is 3.01. The summed E-state index contributed by atoms with van der Waals surface area (Å²) in [4.78, 5) is 25.1. The van der Waals surface area contributed by atoms with E-state index in [4.69, 9.17) is 4.74 Å². The molecule has 1 aliphatic rings. The van der Waals surface area contributed by atoms with Crippen LogP contribution in [0.15, 0.2) is 53.6 Å². The lowest BCUT2D eigenvalue weighted by Gasteiger charge is -2.31. The van der Waals surface area contributed by atoms with Crippen molar-refractivity contribution in [3.63, 3.8) is 0 Å². The van der Waals surface area contributed by atoms with Gasteiger partial charge in [0, 0.05) is 5.56 Å². The molecule has 0 bridgehead atoms. The molecule has 140 valence electrons. The smallest absolute Gasteiger partial charge is 0.354 e. The minimum Gasteiger partial charge on any atom is -0.507 e. The van der Waals surface area contributed by atoms with E-state index in [-0.39, 0.29) is 30.1 Å². The number of rotatable bonds is 4. The third-order valence-corrected chi connectivity index (χ3v) is 4.34. The maximum atomic E-state index is 13.0. The number of esters is 1. The number of hydrazone groups is 1. The molecule has 1 amide bonds. The van der Waals surface area contributed by atoms with Gasteiger partial charge in [-0.05, 0) is 26.0 Å². The van der Waals surface area contributed by atoms with Crippen molar-refractivity contribution in [3.05, 3.63) is 65.2 Å². The van der Waals surface area contributed by atoms with Gasteiger partial charge in [-0.1, -0.05) is 42.0 Å². The fourth-order valence-electron chi connectivity index (χ4n) is 2.90. The number of hydrogen-bond acceptors (Lipinski definition) is 6. The summed E-state index contributed by atoms with van der Waals surface area (Å²) < 4.78 is 4.96. The second-order valence-electron chi connectivity index (χ2n) is 6.26. The van der Waals surface area contributed by atoms with E-state index in [2.05, 4.69) is 5.10 Å². The first-order chi connectivity index (χ1) is 12.9. The zero-order valence-corrected chi connectivity index (χ0v) is 15.0. The van der Waals surface area contributed by atoms with E-state index in [0.29, 0.717) is 5.56 Å². The first-order valence-electron chi connectivity index (χ1n) is 8.53. The van der Waals surface area contributed by atoms with E-state index >= 15 is 0 Å². The summed E-state index contributed by atoms with van der Waals surface area (Å²) in [6.45, 7) is 3.70. The molecule has 0 fully saturated rings. The third-order valence-electron chi connectivity index (χ3n) is 4.34. The molecule has 1 atom stereocenters. The molecule has 0 aliphatic carbocycles. The Hall–Kier alpha value is -3.19. The lowest BCUT2D eigenvalue weighted by Crippen LogP contribution is -2.43. The lowest BCUT2D eigenvalue weighted by atomic mass is 9.96. The molecule has 1 aliphatic heterocycles. The first-order valence-corrected chi connectivity index (χ1v) is 8.53. The number of aromatic hydroxyl groups is 1. The highest BCUT2D eigenvalue weighted by Crippen LogP contribution is 2.37. The predicted molar refractivity (Wildman–Crippen MR) is 98.0 cm³/mol. The van der Waals surface area contributed by atoms with Gasteiger partial charge in [-0.3, -0.25) is 4.79 Å². The Morgan fingerprint density at radius 1 is 1.19 bits per heavy atom. The van der Waals surface area contributed by atoms with E-state index in [9.17, 15) is 19.8 Å². The molecule has 2 aromatic rings. The second-order valence-corrected chi connectivity index (χ2v) is 6.26. The van der Waals surface area contributed by atoms with Crippen molar-refractivity contribution in [1.29, 1.82) is 0 Å². The van der Waals surface area contributed by atoms with E-state index in [1.54, 1.807) is 43.3 Å². The molecule has 3 rings (SSSR count). The molecule has 2 N–H and O–H groups in total. The summed E-state index contributed by atoms with van der Waals surface area (Å²) in [7, 11) is 0. The molecule has 0 aromatic heterocycles. The van der Waals surface area contributed by atoms with Crippen LogP contribution in [0.5, 0.6) is 5.75 Å². The van der Waals surface area contributed by atoms with Crippen molar-refractivity contribution in [2.75, 3.05) is 6.61 Å². The molecule has 0 saturated carbocycles. The fourth-order valence-corrected chi connectivity index (χ4v) is 2.90. The molecular weight excluding hydrogens is 348 g/mol. The highest BCUT2D eigenvalue weighted by atomic mass is 16.5. The van der Waals surface area contributed by atoms with Gasteiger partial charge in [-0.2, -0.15) is 10.1 Å². The topological polar surface area (TPSA) is 99.4 Å². The molecule has 7 nitrogen and oxygen atoms in total. The number of para-hydroxylation sites is 1. The SMILES string of the molecule is CCOC(=O)C1=NN(C(=O)c2ccccc2O)C(O)(c2ccc(C)cc2)C1. The molecular formula is C20H20N2O5. The van der Waals surface area contributed by atoms with Crippen LogP contribution in [0.4, 0.5) is 0 Å². The average molecular weight is 368 g/mol. The largest absolute Gasteiger partial charge is 0.507 e. The summed E-state index contributed by atoms with van der Waals surface area (Å²) in [6.07, 6.45) is -0.214. The minimum absolute atomic E-state index is 0.0307. The number of amides is 1. The Morgan fingerprint density at radius 2 is 1.85 bits per heavy atom. The van der Waals surface area contributed by atoms with Crippen molar-refractivity contribution >= 4 is 17.6 Å². The molecule has 2 aromatic carbocycles. The summed E-state index contributed by atoms with van der Waals surface area (Å²) in [5, 5.41) is 26.2. The summed E-state index contributed by atoms with van der Waals surface area (Å²) in [5.41, 5.74) is -0.583. The standard InChI is InChI=1S/C20H20N2O5/c1-3-27-19(25)16-12-20(26,14-10-8-13(2)9-11-14)22(21-16)18(24)15-6-4-5-7-17(15)23/h4-11,23,26H,3,12H2,1-2H3. The quantitative estimate of drug-likeness (QED) is 0.807. The predicted octanol–water partition coefficient (Wildman–Crippen LogP) is 2.31. The van der Waals surface area contributed by atoms with E-state index in [0.717, 1.165) is 10.6 Å². The summed E-state index contributed by atoms with van der Waals surface area (Å²) >= 11 is 0. The summed E-state index contributed by atoms with van der Waals surface area (Å²) in [5.74, 6) is -1.67. The molecule has 0 saturated heterocycles. The first kappa shape index (κ1) is 18.6. The monoisotopic (exact) mass is 368 g/mol. The number of aryl methyl sites for hydroxylation is 1. The van der Waals surface area contributed by atoms with E-state index in [1.807, 2.05) is 6.92 Å². The van der Waals surface area contributed by atoms with Gasteiger partial charge in [0.25, 0.3) is 5.91 Å². The number of carbonyl (C=O) groups is 2. The van der Waals surface area contributed by atoms with Crippen molar-refractivity contribution in [1.82, 2.24) is 5.01 Å². The zero-order valence-electron chi connectivity index (χ0n) is 15.0. The van der Waals surface area contributed by atoms with Gasteiger partial charge in [0.1, 0.15) is 5.75 Å². The van der Waals surface area contributed by atoms with Crippen LogP contribution < -0.4 is 0 Å². The Morgan fingerprint density at radius 3 is 2.48 bits per heavy atom. The maximum absolute atomic E-state index is 13.0. The minimum atomic E-state index is -1.87. The van der Waals surface area contributed by atoms with Crippen molar-refractivity contribution < 1.29 is 24.5 Å². The maximum Gasteiger partial charge on any atom is 0.354 e. The number of nitrogens with zero attached hydrogens (tertiary/aromatic N) is 2. The Labute approximate surface area is 156 Å². The normalized spacial score (nSPS) is 18.9. The number of phenolic OH excluding ortho intramolecular Hbond substituents is 1. The van der Waals surface area contributed by atoms with Crippen LogP contribution in [0.2, 0.25) is 0 Å². The van der Waals surface area contributed by atoms with Crippen molar-refractivity contribution in [2.45, 2.75) is 26.0 Å². The van der Waals surface area contributed by atoms with Crippen LogP contribution in [0, 0.1) is 6.92 Å². The van der Waals surface area contributed by atoms with Gasteiger partial charge in [-0.15, -0.1) is 0 Å². The molecule has 0 radical (unpaired) electrons. The van der Waals surface area contributed by atoms with Crippen LogP contribution in [0.1, 0.15) is 34.8 Å². The highest BCUT2D eigenvalue weighted by Gasteiger charge is 2.48. The molecule has 7 heteroatoms. The van der Waals surface area contributed by atoms with Crippen molar-refractivity contribution in [2.24, 2.45) is 5.10 Å². The number of benzene rings is 2. The van der Waals surface area contributed by atoms with Crippen molar-refractivity contribution in [3.8, 4) is 5.75 Å². The number of aliphatic hydroxyl groups is 1. The lowest BCUT2D eigenvalue weighted by molar-refractivity contribution is -0.135. The number of hydrogen-bond donors (Lipinski definition) is 2. The van der Waals surface area contributed by atoms with Crippen LogP contribution in [-0.4, -0.2) is 39.4 Å². The third kappa shape index (κ3) is 3.41. The number of phenols is 1. The van der Waals surface area contributed by atoms with Crippen LogP contribution in [0.25, 0.3) is 0 Å². The Kier molecular flexibility index (Phi) is 4.96. The van der Waals surface area contributed by atoms with Gasteiger partial charge < -0.3 is 14.9 Å². The van der Waals surface area contributed by atoms with Gasteiger partial charge in [0.2, 0.25) is 0 Å². The van der Waals surface area contributed by atoms with E-state index in [1.165, 1.54) is 12.1 Å². The molecule has 1 unspecified atom stereocenters. The number of ether oxygens (including phenoxy) is 1. The second kappa shape index (κ2) is 7.20. The summed E-state index contributed by atoms with van der Waals surface area (Å²) in [6, 6.07) is 12.9. The Bertz CT molecular complexity index is 907. The fraction of sp³-hybridized carbons (Fsp3) is 0.250.